The van der Waals surface area contributed by atoms with Crippen molar-refractivity contribution in [3.8, 4) is 11.3 Å². The van der Waals surface area contributed by atoms with Crippen LogP contribution in [-0.2, 0) is 6.54 Å². The van der Waals surface area contributed by atoms with E-state index in [4.69, 9.17) is 16.0 Å². The summed E-state index contributed by atoms with van der Waals surface area (Å²) < 4.78 is 19.2. The monoisotopic (exact) mass is 289 g/mol. The summed E-state index contributed by atoms with van der Waals surface area (Å²) in [7, 11) is 1.88. The molecule has 0 bridgehead atoms. The van der Waals surface area contributed by atoms with Gasteiger partial charge in [-0.25, -0.2) is 4.39 Å². The molecule has 1 N–H and O–H groups in total. The number of hydrogen-bond acceptors (Lipinski definition) is 2. The number of benzene rings is 2. The summed E-state index contributed by atoms with van der Waals surface area (Å²) in [5, 5.41) is 4.39. The second-order valence-electron chi connectivity index (χ2n) is 4.61. The van der Waals surface area contributed by atoms with Crippen LogP contribution in [-0.4, -0.2) is 7.05 Å². The number of para-hydroxylation sites is 1. The van der Waals surface area contributed by atoms with Crippen LogP contribution in [0.25, 0.3) is 22.3 Å². The van der Waals surface area contributed by atoms with Crippen molar-refractivity contribution in [1.82, 2.24) is 5.32 Å². The molecular formula is C16H13ClFNO. The Labute approximate surface area is 121 Å². The van der Waals surface area contributed by atoms with E-state index in [0.29, 0.717) is 10.8 Å². The summed E-state index contributed by atoms with van der Waals surface area (Å²) in [5.74, 6) is 0.211. The minimum Gasteiger partial charge on any atom is -0.453 e. The Balaban J connectivity index is 2.08. The minimum atomic E-state index is -0.364. The van der Waals surface area contributed by atoms with Gasteiger partial charge < -0.3 is 9.73 Å². The highest BCUT2D eigenvalue weighted by molar-refractivity contribution is 6.33. The van der Waals surface area contributed by atoms with Crippen molar-refractivity contribution in [3.63, 3.8) is 0 Å². The lowest BCUT2D eigenvalue weighted by molar-refractivity contribution is 0.569. The third kappa shape index (κ3) is 2.30. The number of hydrogen-bond donors (Lipinski definition) is 1. The van der Waals surface area contributed by atoms with E-state index in [9.17, 15) is 4.39 Å². The van der Waals surface area contributed by atoms with E-state index < -0.39 is 0 Å². The molecule has 0 aliphatic carbocycles. The normalized spacial score (nSPS) is 11.2. The molecule has 0 radical (unpaired) electrons. The molecule has 3 aromatic rings. The van der Waals surface area contributed by atoms with Crippen LogP contribution >= 0.6 is 11.6 Å². The molecule has 4 heteroatoms. The largest absolute Gasteiger partial charge is 0.453 e. The molecule has 0 aliphatic heterocycles. The quantitative estimate of drug-likeness (QED) is 0.761. The van der Waals surface area contributed by atoms with Crippen LogP contribution in [0, 0.1) is 5.82 Å². The van der Waals surface area contributed by atoms with Crippen molar-refractivity contribution >= 4 is 22.6 Å². The smallest absolute Gasteiger partial charge is 0.170 e. The number of nitrogens with one attached hydrogen (secondary N) is 1. The molecule has 0 saturated carbocycles. The molecule has 0 aliphatic rings. The Morgan fingerprint density at radius 1 is 1.20 bits per heavy atom. The molecule has 102 valence electrons. The molecule has 0 fully saturated rings. The third-order valence-electron chi connectivity index (χ3n) is 3.18. The molecule has 2 aromatic carbocycles. The van der Waals surface area contributed by atoms with Gasteiger partial charge in [0, 0.05) is 17.5 Å². The van der Waals surface area contributed by atoms with Crippen LogP contribution in [0.1, 0.15) is 5.56 Å². The summed E-state index contributed by atoms with van der Waals surface area (Å²) in [6, 6.07) is 12.4. The average molecular weight is 290 g/mol. The van der Waals surface area contributed by atoms with Gasteiger partial charge >= 0.3 is 0 Å². The van der Waals surface area contributed by atoms with Gasteiger partial charge in [-0.1, -0.05) is 29.8 Å². The number of halogens is 2. The molecule has 0 atom stereocenters. The number of fused-ring (bicyclic) bond motifs is 1. The predicted molar refractivity (Wildman–Crippen MR) is 79.4 cm³/mol. The fourth-order valence-electron chi connectivity index (χ4n) is 2.23. The molecule has 1 heterocycles. The lowest BCUT2D eigenvalue weighted by atomic mass is 10.1. The maximum Gasteiger partial charge on any atom is 0.170 e. The zero-order chi connectivity index (χ0) is 14.1. The van der Waals surface area contributed by atoms with Crippen molar-refractivity contribution in [2.45, 2.75) is 6.54 Å². The topological polar surface area (TPSA) is 25.2 Å². The van der Waals surface area contributed by atoms with Crippen LogP contribution in [0.3, 0.4) is 0 Å². The SMILES string of the molecule is CNCc1ccc(-c2cc3cccc(F)c3o2)c(Cl)c1. The van der Waals surface area contributed by atoms with Gasteiger partial charge in [0.1, 0.15) is 5.76 Å². The van der Waals surface area contributed by atoms with Gasteiger partial charge in [0.05, 0.1) is 5.02 Å². The number of rotatable bonds is 3. The maximum absolute atomic E-state index is 13.6. The zero-order valence-corrected chi connectivity index (χ0v) is 11.7. The third-order valence-corrected chi connectivity index (χ3v) is 3.49. The van der Waals surface area contributed by atoms with Gasteiger partial charge in [0.15, 0.2) is 11.4 Å². The molecule has 0 saturated heterocycles. The molecule has 1 aromatic heterocycles. The summed E-state index contributed by atoms with van der Waals surface area (Å²) in [4.78, 5) is 0. The van der Waals surface area contributed by atoms with Crippen LogP contribution in [0.5, 0.6) is 0 Å². The molecule has 0 unspecified atom stereocenters. The second kappa shape index (κ2) is 5.27. The van der Waals surface area contributed by atoms with Gasteiger partial charge in [-0.05, 0) is 36.9 Å². The predicted octanol–water partition coefficient (Wildman–Crippen LogP) is 4.61. The van der Waals surface area contributed by atoms with Crippen molar-refractivity contribution < 1.29 is 8.81 Å². The first-order chi connectivity index (χ1) is 9.69. The average Bonchev–Trinajstić information content (AvgIpc) is 2.84. The van der Waals surface area contributed by atoms with Gasteiger partial charge in [-0.15, -0.1) is 0 Å². The highest BCUT2D eigenvalue weighted by atomic mass is 35.5. The van der Waals surface area contributed by atoms with Crippen molar-refractivity contribution in [1.29, 1.82) is 0 Å². The van der Waals surface area contributed by atoms with E-state index in [-0.39, 0.29) is 11.4 Å². The highest BCUT2D eigenvalue weighted by Gasteiger charge is 2.12. The first-order valence-electron chi connectivity index (χ1n) is 6.30. The first-order valence-corrected chi connectivity index (χ1v) is 6.68. The molecule has 3 rings (SSSR count). The lowest BCUT2D eigenvalue weighted by Gasteiger charge is -2.04. The van der Waals surface area contributed by atoms with Crippen molar-refractivity contribution in [2.75, 3.05) is 7.05 Å². The Hall–Kier alpha value is -1.84. The van der Waals surface area contributed by atoms with Gasteiger partial charge in [0.2, 0.25) is 0 Å². The standard InChI is InChI=1S/C16H13ClFNO/c1-19-9-10-5-6-12(13(17)7-10)15-8-11-3-2-4-14(18)16(11)20-15/h2-8,19H,9H2,1H3. The molecular weight excluding hydrogens is 277 g/mol. The second-order valence-corrected chi connectivity index (χ2v) is 5.02. The summed E-state index contributed by atoms with van der Waals surface area (Å²) in [5.41, 5.74) is 2.11. The fraction of sp³-hybridized carbons (Fsp3) is 0.125. The van der Waals surface area contributed by atoms with E-state index in [1.807, 2.05) is 31.3 Å². The summed E-state index contributed by atoms with van der Waals surface area (Å²) in [6.07, 6.45) is 0. The Morgan fingerprint density at radius 2 is 2.05 bits per heavy atom. The van der Waals surface area contributed by atoms with E-state index in [1.54, 1.807) is 12.1 Å². The van der Waals surface area contributed by atoms with Gasteiger partial charge in [0.25, 0.3) is 0 Å². The zero-order valence-electron chi connectivity index (χ0n) is 10.9. The van der Waals surface area contributed by atoms with E-state index in [2.05, 4.69) is 5.32 Å². The van der Waals surface area contributed by atoms with Crippen molar-refractivity contribution in [3.05, 3.63) is 58.9 Å². The van der Waals surface area contributed by atoms with Crippen LogP contribution in [0.15, 0.2) is 46.9 Å². The lowest BCUT2D eigenvalue weighted by Crippen LogP contribution is -2.04. The Morgan fingerprint density at radius 3 is 2.75 bits per heavy atom. The maximum atomic E-state index is 13.6. The summed E-state index contributed by atoms with van der Waals surface area (Å²) >= 11 is 6.29. The fourth-order valence-corrected chi connectivity index (χ4v) is 2.53. The van der Waals surface area contributed by atoms with Gasteiger partial charge in [-0.2, -0.15) is 0 Å². The van der Waals surface area contributed by atoms with Crippen molar-refractivity contribution in [2.24, 2.45) is 0 Å². The van der Waals surface area contributed by atoms with Gasteiger partial charge in [-0.3, -0.25) is 0 Å². The van der Waals surface area contributed by atoms with E-state index >= 15 is 0 Å². The molecule has 0 spiro atoms. The van der Waals surface area contributed by atoms with Crippen LogP contribution in [0.2, 0.25) is 5.02 Å². The van der Waals surface area contributed by atoms with E-state index in [0.717, 1.165) is 23.1 Å². The number of furan rings is 1. The Kier molecular flexibility index (Phi) is 3.47. The van der Waals surface area contributed by atoms with Crippen LogP contribution < -0.4 is 5.32 Å². The minimum absolute atomic E-state index is 0.262. The molecule has 0 amide bonds. The summed E-state index contributed by atoms with van der Waals surface area (Å²) in [6.45, 7) is 0.745. The highest BCUT2D eigenvalue weighted by Crippen LogP contribution is 2.34. The Bertz CT molecular complexity index is 766. The van der Waals surface area contributed by atoms with Crippen LogP contribution in [0.4, 0.5) is 4.39 Å². The first kappa shape index (κ1) is 13.2. The molecule has 20 heavy (non-hydrogen) atoms. The van der Waals surface area contributed by atoms with E-state index in [1.165, 1.54) is 6.07 Å². The molecule has 2 nitrogen and oxygen atoms in total.